The molecule has 0 saturated carbocycles. The van der Waals surface area contributed by atoms with Gasteiger partial charge in [-0.15, -0.1) is 0 Å². The van der Waals surface area contributed by atoms with Gasteiger partial charge < -0.3 is 9.84 Å². The van der Waals surface area contributed by atoms with Crippen molar-refractivity contribution in [2.75, 3.05) is 6.61 Å². The summed E-state index contributed by atoms with van der Waals surface area (Å²) in [5.41, 5.74) is 0.368. The van der Waals surface area contributed by atoms with E-state index in [1.54, 1.807) is 6.92 Å². The maximum atomic E-state index is 13.3. The molecule has 1 aromatic rings. The van der Waals surface area contributed by atoms with Gasteiger partial charge in [0.25, 0.3) is 0 Å². The Hall–Kier alpha value is -1.75. The van der Waals surface area contributed by atoms with Crippen LogP contribution >= 0.6 is 0 Å². The van der Waals surface area contributed by atoms with E-state index in [9.17, 15) is 8.78 Å². The molecule has 17 heavy (non-hydrogen) atoms. The van der Waals surface area contributed by atoms with E-state index in [-0.39, 0.29) is 24.5 Å². The normalized spacial score (nSPS) is 12.0. The number of aliphatic imine (C=N–C) groups is 1. The molecule has 1 aromatic carbocycles. The number of aliphatic hydroxyl groups excluding tert-OH is 1. The third-order valence-electron chi connectivity index (χ3n) is 2.22. The Morgan fingerprint density at radius 1 is 1.47 bits per heavy atom. The van der Waals surface area contributed by atoms with Crippen LogP contribution < -0.4 is 0 Å². The Morgan fingerprint density at radius 3 is 2.76 bits per heavy atom. The molecule has 0 heterocycles. The monoisotopic (exact) mass is 241 g/mol. The first-order valence-electron chi connectivity index (χ1n) is 4.93. The molecule has 0 amide bonds. The standard InChI is InChI=1S/C12H13F2NO2/c1-8(11(6-16)15-2)17-7-9-4-3-5-10(13)12(9)14/h3-5,16H,2,6-7H2,1H3/b11-8+. The predicted octanol–water partition coefficient (Wildman–Crippen LogP) is 2.41. The van der Waals surface area contributed by atoms with E-state index in [0.29, 0.717) is 5.76 Å². The molecule has 3 nitrogen and oxygen atoms in total. The van der Waals surface area contributed by atoms with Crippen LogP contribution in [-0.2, 0) is 11.3 Å². The molecule has 0 spiro atoms. The highest BCUT2D eigenvalue weighted by Gasteiger charge is 2.08. The molecular weight excluding hydrogens is 228 g/mol. The summed E-state index contributed by atoms with van der Waals surface area (Å²) in [6, 6.07) is 3.85. The number of rotatable bonds is 5. The number of aliphatic hydroxyl groups is 1. The zero-order valence-corrected chi connectivity index (χ0v) is 9.41. The molecule has 5 heteroatoms. The molecule has 0 bridgehead atoms. The maximum Gasteiger partial charge on any atom is 0.165 e. The van der Waals surface area contributed by atoms with E-state index in [1.165, 1.54) is 12.1 Å². The first-order chi connectivity index (χ1) is 8.10. The van der Waals surface area contributed by atoms with Crippen molar-refractivity contribution in [2.24, 2.45) is 4.99 Å². The predicted molar refractivity (Wildman–Crippen MR) is 60.5 cm³/mol. The second-order valence-electron chi connectivity index (χ2n) is 3.32. The van der Waals surface area contributed by atoms with Gasteiger partial charge in [-0.25, -0.2) is 8.78 Å². The summed E-state index contributed by atoms with van der Waals surface area (Å²) < 4.78 is 31.3. The summed E-state index contributed by atoms with van der Waals surface area (Å²) in [6.45, 7) is 4.38. The molecule has 0 atom stereocenters. The van der Waals surface area contributed by atoms with Crippen LogP contribution in [0.5, 0.6) is 0 Å². The van der Waals surface area contributed by atoms with Crippen LogP contribution in [0.15, 0.2) is 34.6 Å². The molecule has 0 aliphatic carbocycles. The zero-order valence-electron chi connectivity index (χ0n) is 9.41. The van der Waals surface area contributed by atoms with E-state index in [2.05, 4.69) is 11.7 Å². The number of ether oxygens (including phenoxy) is 1. The van der Waals surface area contributed by atoms with Crippen molar-refractivity contribution in [1.82, 2.24) is 0 Å². The van der Waals surface area contributed by atoms with Crippen LogP contribution in [0.1, 0.15) is 12.5 Å². The fourth-order valence-electron chi connectivity index (χ4n) is 1.20. The van der Waals surface area contributed by atoms with Gasteiger partial charge in [-0.3, -0.25) is 4.99 Å². The molecule has 1 rings (SSSR count). The summed E-state index contributed by atoms with van der Waals surface area (Å²) in [4.78, 5) is 3.55. The highest BCUT2D eigenvalue weighted by atomic mass is 19.2. The number of hydrogen-bond donors (Lipinski definition) is 1. The van der Waals surface area contributed by atoms with Crippen molar-refractivity contribution in [3.05, 3.63) is 46.9 Å². The van der Waals surface area contributed by atoms with E-state index in [0.717, 1.165) is 6.07 Å². The van der Waals surface area contributed by atoms with Gasteiger partial charge in [0, 0.05) is 5.56 Å². The van der Waals surface area contributed by atoms with Crippen molar-refractivity contribution < 1.29 is 18.6 Å². The lowest BCUT2D eigenvalue weighted by molar-refractivity contribution is 0.186. The van der Waals surface area contributed by atoms with Gasteiger partial charge in [0.15, 0.2) is 11.6 Å². The molecule has 0 aliphatic rings. The van der Waals surface area contributed by atoms with Gasteiger partial charge in [-0.2, -0.15) is 0 Å². The van der Waals surface area contributed by atoms with Crippen molar-refractivity contribution in [3.8, 4) is 0 Å². The van der Waals surface area contributed by atoms with Crippen LogP contribution in [0.4, 0.5) is 8.78 Å². The molecule has 92 valence electrons. The average Bonchev–Trinajstić information content (AvgIpc) is 2.32. The van der Waals surface area contributed by atoms with E-state index in [1.807, 2.05) is 0 Å². The summed E-state index contributed by atoms with van der Waals surface area (Å²) >= 11 is 0. The summed E-state index contributed by atoms with van der Waals surface area (Å²) in [7, 11) is 0. The quantitative estimate of drug-likeness (QED) is 0.635. The third-order valence-corrected chi connectivity index (χ3v) is 2.22. The minimum atomic E-state index is -0.933. The Labute approximate surface area is 98.1 Å². The number of benzene rings is 1. The minimum Gasteiger partial charge on any atom is -0.491 e. The highest BCUT2D eigenvalue weighted by Crippen LogP contribution is 2.15. The fraction of sp³-hybridized carbons (Fsp3) is 0.250. The third kappa shape index (κ3) is 3.35. The van der Waals surface area contributed by atoms with Crippen LogP contribution in [0.3, 0.4) is 0 Å². The number of hydrogen-bond acceptors (Lipinski definition) is 3. The Morgan fingerprint density at radius 2 is 2.18 bits per heavy atom. The van der Waals surface area contributed by atoms with Crippen LogP contribution in [0.25, 0.3) is 0 Å². The SMILES string of the molecule is C=N/C(CO)=C(\C)OCc1cccc(F)c1F. The van der Waals surface area contributed by atoms with Crippen LogP contribution in [0, 0.1) is 11.6 Å². The smallest absolute Gasteiger partial charge is 0.165 e. The molecule has 0 fully saturated rings. The molecule has 0 unspecified atom stereocenters. The second kappa shape index (κ2) is 6.10. The number of halogens is 2. The van der Waals surface area contributed by atoms with Crippen molar-refractivity contribution in [2.45, 2.75) is 13.5 Å². The van der Waals surface area contributed by atoms with Crippen molar-refractivity contribution in [3.63, 3.8) is 0 Å². The molecule has 0 radical (unpaired) electrons. The van der Waals surface area contributed by atoms with E-state index < -0.39 is 11.6 Å². The number of nitrogens with zero attached hydrogens (tertiary/aromatic N) is 1. The zero-order chi connectivity index (χ0) is 12.8. The first-order valence-corrected chi connectivity index (χ1v) is 4.93. The summed E-state index contributed by atoms with van der Waals surface area (Å²) in [5, 5.41) is 8.89. The van der Waals surface area contributed by atoms with Crippen LogP contribution in [0.2, 0.25) is 0 Å². The fourth-order valence-corrected chi connectivity index (χ4v) is 1.20. The first kappa shape index (κ1) is 13.3. The topological polar surface area (TPSA) is 41.8 Å². The van der Waals surface area contributed by atoms with Crippen molar-refractivity contribution >= 4 is 6.72 Å². The van der Waals surface area contributed by atoms with Gasteiger partial charge in [-0.05, 0) is 19.7 Å². The molecule has 0 saturated heterocycles. The highest BCUT2D eigenvalue weighted by molar-refractivity contribution is 5.29. The van der Waals surface area contributed by atoms with Gasteiger partial charge in [0.2, 0.25) is 0 Å². The van der Waals surface area contributed by atoms with E-state index in [4.69, 9.17) is 9.84 Å². The summed E-state index contributed by atoms with van der Waals surface area (Å²) in [6.07, 6.45) is 0. The molecule has 0 aromatic heterocycles. The van der Waals surface area contributed by atoms with Gasteiger partial charge >= 0.3 is 0 Å². The lowest BCUT2D eigenvalue weighted by atomic mass is 10.2. The maximum absolute atomic E-state index is 13.3. The Balaban J connectivity index is 2.77. The van der Waals surface area contributed by atoms with Gasteiger partial charge in [0.1, 0.15) is 18.1 Å². The Bertz CT molecular complexity index is 444. The van der Waals surface area contributed by atoms with Crippen LogP contribution in [-0.4, -0.2) is 18.4 Å². The number of allylic oxidation sites excluding steroid dienone is 1. The lowest BCUT2D eigenvalue weighted by Crippen LogP contribution is -2.00. The largest absolute Gasteiger partial charge is 0.491 e. The molecule has 1 N–H and O–H groups in total. The lowest BCUT2D eigenvalue weighted by Gasteiger charge is -2.09. The van der Waals surface area contributed by atoms with Crippen molar-refractivity contribution in [1.29, 1.82) is 0 Å². The Kier molecular flexibility index (Phi) is 4.78. The van der Waals surface area contributed by atoms with E-state index >= 15 is 0 Å². The average molecular weight is 241 g/mol. The molecule has 0 aliphatic heterocycles. The minimum absolute atomic E-state index is 0.103. The van der Waals surface area contributed by atoms with Gasteiger partial charge in [0.05, 0.1) is 6.61 Å². The van der Waals surface area contributed by atoms with Gasteiger partial charge in [-0.1, -0.05) is 12.1 Å². The molecular formula is C12H13F2NO2. The summed E-state index contributed by atoms with van der Waals surface area (Å²) in [5.74, 6) is -1.53. The second-order valence-corrected chi connectivity index (χ2v) is 3.32.